The van der Waals surface area contributed by atoms with Crippen LogP contribution < -0.4 is 4.90 Å². The molecule has 0 bridgehead atoms. The minimum absolute atomic E-state index is 0.377. The first kappa shape index (κ1) is 13.2. The van der Waals surface area contributed by atoms with Gasteiger partial charge in [0, 0.05) is 18.3 Å². The van der Waals surface area contributed by atoms with Crippen molar-refractivity contribution in [2.24, 2.45) is 0 Å². The third kappa shape index (κ3) is 3.90. The van der Waals surface area contributed by atoms with Crippen molar-refractivity contribution >= 4 is 18.1 Å². The van der Waals surface area contributed by atoms with E-state index in [0.29, 0.717) is 17.9 Å². The third-order valence-electron chi connectivity index (χ3n) is 2.41. The quantitative estimate of drug-likeness (QED) is 0.582. The molecule has 4 heteroatoms. The van der Waals surface area contributed by atoms with E-state index < -0.39 is 0 Å². The van der Waals surface area contributed by atoms with E-state index in [1.54, 1.807) is 31.3 Å². The lowest BCUT2D eigenvalue weighted by molar-refractivity contribution is 0.112. The Balaban J connectivity index is 2.58. The molecule has 0 spiro atoms. The topological polar surface area (TPSA) is 46.6 Å². The van der Waals surface area contributed by atoms with Crippen LogP contribution in [0.3, 0.4) is 0 Å². The fourth-order valence-electron chi connectivity index (χ4n) is 1.28. The van der Waals surface area contributed by atoms with E-state index in [-0.39, 0.29) is 6.09 Å². The van der Waals surface area contributed by atoms with E-state index in [1.165, 1.54) is 4.90 Å². The summed E-state index contributed by atoms with van der Waals surface area (Å²) < 4.78 is 5.07. The van der Waals surface area contributed by atoms with Gasteiger partial charge in [0.15, 0.2) is 0 Å². The second-order valence-electron chi connectivity index (χ2n) is 3.74. The summed E-state index contributed by atoms with van der Waals surface area (Å²) in [5.41, 5.74) is 1.29. The summed E-state index contributed by atoms with van der Waals surface area (Å²) in [7, 11) is 1.64. The summed E-state index contributed by atoms with van der Waals surface area (Å²) in [6, 6.07) is 6.76. The minimum Gasteiger partial charge on any atom is -0.449 e. The van der Waals surface area contributed by atoms with Crippen molar-refractivity contribution in [2.75, 3.05) is 18.6 Å². The molecule has 0 N–H and O–H groups in total. The number of benzene rings is 1. The Morgan fingerprint density at radius 3 is 2.53 bits per heavy atom. The minimum atomic E-state index is -0.377. The van der Waals surface area contributed by atoms with Crippen LogP contribution in [0, 0.1) is 0 Å². The fraction of sp³-hybridized carbons (Fsp3) is 0.385. The van der Waals surface area contributed by atoms with E-state index in [9.17, 15) is 9.59 Å². The molecule has 1 aromatic carbocycles. The van der Waals surface area contributed by atoms with Gasteiger partial charge in [0.25, 0.3) is 0 Å². The Bertz CT molecular complexity index is 373. The van der Waals surface area contributed by atoms with Crippen LogP contribution in [0.5, 0.6) is 0 Å². The summed E-state index contributed by atoms with van der Waals surface area (Å²) in [6.45, 7) is 2.47. The van der Waals surface area contributed by atoms with Gasteiger partial charge in [-0.25, -0.2) is 4.79 Å². The Hall–Kier alpha value is -1.84. The van der Waals surface area contributed by atoms with Crippen molar-refractivity contribution in [1.29, 1.82) is 0 Å². The monoisotopic (exact) mass is 235 g/mol. The number of anilines is 1. The van der Waals surface area contributed by atoms with Gasteiger partial charge < -0.3 is 4.74 Å². The Labute approximate surface area is 101 Å². The number of carbonyl (C=O) groups excluding carboxylic acids is 2. The number of hydrogen-bond donors (Lipinski definition) is 0. The molecule has 0 aromatic heterocycles. The van der Waals surface area contributed by atoms with E-state index in [0.717, 1.165) is 19.1 Å². The highest BCUT2D eigenvalue weighted by Crippen LogP contribution is 2.14. The maximum absolute atomic E-state index is 11.6. The maximum Gasteiger partial charge on any atom is 0.414 e. The van der Waals surface area contributed by atoms with Gasteiger partial charge in [-0.1, -0.05) is 13.3 Å². The molecule has 17 heavy (non-hydrogen) atoms. The predicted molar refractivity (Wildman–Crippen MR) is 66.5 cm³/mol. The van der Waals surface area contributed by atoms with Crippen LogP contribution in [-0.2, 0) is 4.74 Å². The zero-order valence-corrected chi connectivity index (χ0v) is 10.2. The largest absolute Gasteiger partial charge is 0.449 e. The summed E-state index contributed by atoms with van der Waals surface area (Å²) >= 11 is 0. The molecule has 0 heterocycles. The number of amides is 1. The average Bonchev–Trinajstić information content (AvgIpc) is 2.38. The van der Waals surface area contributed by atoms with E-state index in [1.807, 2.05) is 6.92 Å². The Kier molecular flexibility index (Phi) is 5.20. The number of unbranched alkanes of at least 4 members (excludes halogenated alkanes) is 1. The van der Waals surface area contributed by atoms with Crippen LogP contribution in [0.15, 0.2) is 24.3 Å². The highest BCUT2D eigenvalue weighted by Gasteiger charge is 2.11. The molecule has 0 saturated heterocycles. The molecule has 0 aliphatic carbocycles. The molecule has 0 radical (unpaired) electrons. The standard InChI is InChI=1S/C13H17NO3/c1-3-4-9-17-13(16)14(2)12-7-5-11(10-15)6-8-12/h5-8,10H,3-4,9H2,1-2H3. The molecular weight excluding hydrogens is 218 g/mol. The van der Waals surface area contributed by atoms with Gasteiger partial charge in [-0.3, -0.25) is 9.69 Å². The molecule has 0 atom stereocenters. The third-order valence-corrected chi connectivity index (χ3v) is 2.41. The van der Waals surface area contributed by atoms with Crippen molar-refractivity contribution in [2.45, 2.75) is 19.8 Å². The molecule has 92 valence electrons. The first-order valence-corrected chi connectivity index (χ1v) is 5.64. The van der Waals surface area contributed by atoms with Crippen LogP contribution in [0.2, 0.25) is 0 Å². The highest BCUT2D eigenvalue weighted by atomic mass is 16.6. The molecular formula is C13H17NO3. The fourth-order valence-corrected chi connectivity index (χ4v) is 1.28. The first-order chi connectivity index (χ1) is 8.19. The van der Waals surface area contributed by atoms with Gasteiger partial charge in [-0.15, -0.1) is 0 Å². The van der Waals surface area contributed by atoms with Gasteiger partial charge in [0.05, 0.1) is 6.61 Å². The zero-order chi connectivity index (χ0) is 12.7. The maximum atomic E-state index is 11.6. The molecule has 0 saturated carbocycles. The van der Waals surface area contributed by atoms with Crippen molar-refractivity contribution in [3.8, 4) is 0 Å². The van der Waals surface area contributed by atoms with E-state index in [4.69, 9.17) is 4.74 Å². The number of rotatable bonds is 5. The van der Waals surface area contributed by atoms with Gasteiger partial charge in [-0.05, 0) is 30.7 Å². The highest BCUT2D eigenvalue weighted by molar-refractivity contribution is 5.87. The second-order valence-corrected chi connectivity index (χ2v) is 3.74. The van der Waals surface area contributed by atoms with Gasteiger partial charge in [0.2, 0.25) is 0 Å². The smallest absolute Gasteiger partial charge is 0.414 e. The predicted octanol–water partition coefficient (Wildman–Crippen LogP) is 2.87. The van der Waals surface area contributed by atoms with Crippen molar-refractivity contribution in [3.05, 3.63) is 29.8 Å². The van der Waals surface area contributed by atoms with Gasteiger partial charge in [0.1, 0.15) is 6.29 Å². The molecule has 4 nitrogen and oxygen atoms in total. The lowest BCUT2D eigenvalue weighted by Crippen LogP contribution is -2.27. The van der Waals surface area contributed by atoms with E-state index >= 15 is 0 Å². The molecule has 1 amide bonds. The second kappa shape index (κ2) is 6.68. The van der Waals surface area contributed by atoms with Crippen molar-refractivity contribution < 1.29 is 14.3 Å². The number of ether oxygens (including phenoxy) is 1. The zero-order valence-electron chi connectivity index (χ0n) is 10.2. The Morgan fingerprint density at radius 1 is 1.35 bits per heavy atom. The number of hydrogen-bond acceptors (Lipinski definition) is 3. The van der Waals surface area contributed by atoms with Crippen molar-refractivity contribution in [3.63, 3.8) is 0 Å². The number of nitrogens with zero attached hydrogens (tertiary/aromatic N) is 1. The lowest BCUT2D eigenvalue weighted by Gasteiger charge is -2.16. The Morgan fingerprint density at radius 2 is 2.00 bits per heavy atom. The summed E-state index contributed by atoms with van der Waals surface area (Å²) in [5, 5.41) is 0. The SMILES string of the molecule is CCCCOC(=O)N(C)c1ccc(C=O)cc1. The van der Waals surface area contributed by atoms with Gasteiger partial charge >= 0.3 is 6.09 Å². The molecule has 0 fully saturated rings. The average molecular weight is 235 g/mol. The summed E-state index contributed by atoms with van der Waals surface area (Å²) in [5.74, 6) is 0. The first-order valence-electron chi connectivity index (χ1n) is 5.64. The van der Waals surface area contributed by atoms with Gasteiger partial charge in [-0.2, -0.15) is 0 Å². The molecule has 0 aliphatic heterocycles. The van der Waals surface area contributed by atoms with Crippen molar-refractivity contribution in [1.82, 2.24) is 0 Å². The molecule has 1 aromatic rings. The summed E-state index contributed by atoms with van der Waals surface area (Å²) in [6.07, 6.45) is 2.25. The molecule has 1 rings (SSSR count). The van der Waals surface area contributed by atoms with Crippen LogP contribution in [-0.4, -0.2) is 26.0 Å². The van der Waals surface area contributed by atoms with Crippen LogP contribution in [0.4, 0.5) is 10.5 Å². The lowest BCUT2D eigenvalue weighted by atomic mass is 10.2. The van der Waals surface area contributed by atoms with Crippen LogP contribution >= 0.6 is 0 Å². The normalized spacial score (nSPS) is 9.76. The summed E-state index contributed by atoms with van der Waals surface area (Å²) in [4.78, 5) is 23.5. The number of aldehydes is 1. The number of carbonyl (C=O) groups is 2. The molecule has 0 aliphatic rings. The van der Waals surface area contributed by atoms with E-state index in [2.05, 4.69) is 0 Å². The van der Waals surface area contributed by atoms with Crippen LogP contribution in [0.25, 0.3) is 0 Å². The van der Waals surface area contributed by atoms with Crippen LogP contribution in [0.1, 0.15) is 30.1 Å². The molecule has 0 unspecified atom stereocenters.